The second kappa shape index (κ2) is 6.47. The fourth-order valence-corrected chi connectivity index (χ4v) is 2.46. The molecule has 4 nitrogen and oxygen atoms in total. The maximum atomic E-state index is 12.0. The molecule has 0 N–H and O–H groups in total. The molecule has 0 atom stereocenters. The monoisotopic (exact) mass is 321 g/mol. The van der Waals surface area contributed by atoms with E-state index in [1.807, 2.05) is 30.3 Å². The smallest absolute Gasteiger partial charge is 0.267 e. The molecule has 1 aromatic heterocycles. The van der Waals surface area contributed by atoms with Crippen molar-refractivity contribution in [2.45, 2.75) is 6.54 Å². The van der Waals surface area contributed by atoms with Crippen LogP contribution < -0.4 is 5.56 Å². The first kappa shape index (κ1) is 15.0. The number of nitrogens with zero attached hydrogens (tertiary/aromatic N) is 3. The van der Waals surface area contributed by atoms with E-state index < -0.39 is 0 Å². The molecule has 2 aromatic carbocycles. The minimum atomic E-state index is -0.190. The van der Waals surface area contributed by atoms with E-state index in [0.717, 1.165) is 11.1 Å². The van der Waals surface area contributed by atoms with E-state index in [2.05, 4.69) is 11.2 Å². The Morgan fingerprint density at radius 1 is 1.04 bits per heavy atom. The van der Waals surface area contributed by atoms with Gasteiger partial charge >= 0.3 is 0 Å². The Labute approximate surface area is 138 Å². The second-order valence-corrected chi connectivity index (χ2v) is 5.41. The summed E-state index contributed by atoms with van der Waals surface area (Å²) in [6.07, 6.45) is 0. The first-order valence-electron chi connectivity index (χ1n) is 6.99. The average Bonchev–Trinajstić information content (AvgIpc) is 2.58. The highest BCUT2D eigenvalue weighted by Crippen LogP contribution is 2.24. The van der Waals surface area contributed by atoms with Crippen LogP contribution in [0.15, 0.2) is 65.5 Å². The number of aromatic nitrogens is 2. The molecule has 1 heterocycles. The van der Waals surface area contributed by atoms with Crippen LogP contribution in [-0.4, -0.2) is 9.78 Å². The lowest BCUT2D eigenvalue weighted by atomic mass is 10.1. The first-order chi connectivity index (χ1) is 11.2. The molecule has 3 aromatic rings. The highest BCUT2D eigenvalue weighted by molar-refractivity contribution is 6.33. The minimum Gasteiger partial charge on any atom is -0.268 e. The van der Waals surface area contributed by atoms with Crippen molar-refractivity contribution in [3.05, 3.63) is 87.2 Å². The normalized spacial score (nSPS) is 10.3. The Morgan fingerprint density at radius 2 is 1.78 bits per heavy atom. The third-order valence-corrected chi connectivity index (χ3v) is 3.76. The van der Waals surface area contributed by atoms with Gasteiger partial charge in [0.15, 0.2) is 0 Å². The van der Waals surface area contributed by atoms with Gasteiger partial charge in [-0.2, -0.15) is 10.4 Å². The molecule has 5 heteroatoms. The standard InChI is InChI=1S/C18H12ClN3O/c19-16-4-2-1-3-15(16)17-9-10-18(23)22(21-17)12-14-7-5-13(11-20)6-8-14/h1-10H,12H2. The fraction of sp³-hybridized carbons (Fsp3) is 0.0556. The lowest BCUT2D eigenvalue weighted by Crippen LogP contribution is -2.22. The third-order valence-electron chi connectivity index (χ3n) is 3.43. The van der Waals surface area contributed by atoms with Gasteiger partial charge in [-0.15, -0.1) is 0 Å². The van der Waals surface area contributed by atoms with Crippen LogP contribution in [0.4, 0.5) is 0 Å². The van der Waals surface area contributed by atoms with Crippen molar-refractivity contribution in [1.29, 1.82) is 5.26 Å². The van der Waals surface area contributed by atoms with Gasteiger partial charge in [0.25, 0.3) is 5.56 Å². The van der Waals surface area contributed by atoms with Crippen LogP contribution in [0, 0.1) is 11.3 Å². The van der Waals surface area contributed by atoms with Crippen molar-refractivity contribution in [1.82, 2.24) is 9.78 Å². The summed E-state index contributed by atoms with van der Waals surface area (Å²) in [7, 11) is 0. The molecule has 0 spiro atoms. The third kappa shape index (κ3) is 3.31. The quantitative estimate of drug-likeness (QED) is 0.742. The van der Waals surface area contributed by atoms with Gasteiger partial charge in [0.1, 0.15) is 0 Å². The average molecular weight is 322 g/mol. The Morgan fingerprint density at radius 3 is 2.48 bits per heavy atom. The summed E-state index contributed by atoms with van der Waals surface area (Å²) in [6.45, 7) is 0.336. The maximum absolute atomic E-state index is 12.0. The van der Waals surface area contributed by atoms with Gasteiger partial charge in [-0.3, -0.25) is 4.79 Å². The fourth-order valence-electron chi connectivity index (χ4n) is 2.23. The lowest BCUT2D eigenvalue weighted by Gasteiger charge is -2.08. The number of rotatable bonds is 3. The molecule has 112 valence electrons. The minimum absolute atomic E-state index is 0.190. The summed E-state index contributed by atoms with van der Waals surface area (Å²) in [5, 5.41) is 13.8. The van der Waals surface area contributed by atoms with Gasteiger partial charge < -0.3 is 0 Å². The molecular formula is C18H12ClN3O. The molecule has 0 saturated heterocycles. The summed E-state index contributed by atoms with van der Waals surface area (Å²) in [5.74, 6) is 0. The van der Waals surface area contributed by atoms with E-state index in [1.165, 1.54) is 10.7 Å². The van der Waals surface area contributed by atoms with E-state index in [9.17, 15) is 4.79 Å². The van der Waals surface area contributed by atoms with Crippen LogP contribution in [0.1, 0.15) is 11.1 Å². The molecule has 3 rings (SSSR count). The summed E-state index contributed by atoms with van der Waals surface area (Å²) >= 11 is 6.19. The summed E-state index contributed by atoms with van der Waals surface area (Å²) in [6, 6.07) is 19.7. The van der Waals surface area contributed by atoms with E-state index in [1.54, 1.807) is 24.3 Å². The Hall–Kier alpha value is -2.90. The van der Waals surface area contributed by atoms with Crippen molar-refractivity contribution in [3.63, 3.8) is 0 Å². The van der Waals surface area contributed by atoms with Gasteiger partial charge in [0.2, 0.25) is 0 Å². The van der Waals surface area contributed by atoms with Gasteiger partial charge in [-0.05, 0) is 29.8 Å². The molecule has 0 amide bonds. The molecule has 0 aliphatic heterocycles. The summed E-state index contributed by atoms with van der Waals surface area (Å²) in [5.41, 5.74) is 2.71. The first-order valence-corrected chi connectivity index (χ1v) is 7.37. The number of benzene rings is 2. The highest BCUT2D eigenvalue weighted by Gasteiger charge is 2.07. The van der Waals surface area contributed by atoms with E-state index >= 15 is 0 Å². The van der Waals surface area contributed by atoms with Gasteiger partial charge in [-0.25, -0.2) is 4.68 Å². The van der Waals surface area contributed by atoms with Crippen LogP contribution in [0.3, 0.4) is 0 Å². The molecule has 0 fully saturated rings. The van der Waals surface area contributed by atoms with Crippen molar-refractivity contribution in [3.8, 4) is 17.3 Å². The summed E-state index contributed by atoms with van der Waals surface area (Å²) < 4.78 is 1.39. The number of hydrogen-bond donors (Lipinski definition) is 0. The molecule has 0 aliphatic carbocycles. The molecule has 0 unspecified atom stereocenters. The molecule has 23 heavy (non-hydrogen) atoms. The van der Waals surface area contributed by atoms with E-state index in [4.69, 9.17) is 16.9 Å². The highest BCUT2D eigenvalue weighted by atomic mass is 35.5. The Kier molecular flexibility index (Phi) is 4.22. The van der Waals surface area contributed by atoms with Crippen LogP contribution in [-0.2, 0) is 6.54 Å². The molecular weight excluding hydrogens is 310 g/mol. The SMILES string of the molecule is N#Cc1ccc(Cn2nc(-c3ccccc3Cl)ccc2=O)cc1. The van der Waals surface area contributed by atoms with Crippen LogP contribution in [0.2, 0.25) is 5.02 Å². The Balaban J connectivity index is 1.96. The molecule has 0 radical (unpaired) electrons. The largest absolute Gasteiger partial charge is 0.268 e. The lowest BCUT2D eigenvalue weighted by molar-refractivity contribution is 0.643. The number of halogens is 1. The predicted octanol–water partition coefficient (Wildman–Crippen LogP) is 3.48. The molecule has 0 saturated carbocycles. The van der Waals surface area contributed by atoms with Crippen LogP contribution >= 0.6 is 11.6 Å². The Bertz CT molecular complexity index is 939. The number of hydrogen-bond acceptors (Lipinski definition) is 3. The molecule has 0 bridgehead atoms. The van der Waals surface area contributed by atoms with E-state index in [-0.39, 0.29) is 5.56 Å². The molecule has 0 aliphatic rings. The van der Waals surface area contributed by atoms with Gasteiger partial charge in [0, 0.05) is 11.6 Å². The second-order valence-electron chi connectivity index (χ2n) is 5.00. The van der Waals surface area contributed by atoms with Crippen LogP contribution in [0.5, 0.6) is 0 Å². The van der Waals surface area contributed by atoms with Crippen molar-refractivity contribution in [2.75, 3.05) is 0 Å². The van der Waals surface area contributed by atoms with Crippen molar-refractivity contribution in [2.24, 2.45) is 0 Å². The van der Waals surface area contributed by atoms with E-state index in [0.29, 0.717) is 22.8 Å². The van der Waals surface area contributed by atoms with Crippen molar-refractivity contribution < 1.29 is 0 Å². The number of nitriles is 1. The zero-order valence-electron chi connectivity index (χ0n) is 12.1. The predicted molar refractivity (Wildman–Crippen MR) is 89.2 cm³/mol. The zero-order chi connectivity index (χ0) is 16.2. The van der Waals surface area contributed by atoms with Crippen LogP contribution in [0.25, 0.3) is 11.3 Å². The summed E-state index contributed by atoms with van der Waals surface area (Å²) in [4.78, 5) is 12.0. The van der Waals surface area contributed by atoms with Gasteiger partial charge in [-0.1, -0.05) is 41.9 Å². The zero-order valence-corrected chi connectivity index (χ0v) is 12.9. The topological polar surface area (TPSA) is 58.7 Å². The van der Waals surface area contributed by atoms with Crippen molar-refractivity contribution >= 4 is 11.6 Å². The maximum Gasteiger partial charge on any atom is 0.267 e. The van der Waals surface area contributed by atoms with Gasteiger partial charge in [0.05, 0.1) is 28.9 Å².